The van der Waals surface area contributed by atoms with E-state index in [1.54, 1.807) is 4.90 Å². The van der Waals surface area contributed by atoms with E-state index in [4.69, 9.17) is 4.74 Å². The lowest BCUT2D eigenvalue weighted by molar-refractivity contribution is 0.00641. The molecule has 0 aliphatic heterocycles. The Morgan fingerprint density at radius 1 is 1.17 bits per heavy atom. The van der Waals surface area contributed by atoms with Gasteiger partial charge in [-0.1, -0.05) is 62.4 Å². The molecule has 0 bridgehead atoms. The van der Waals surface area contributed by atoms with E-state index in [0.717, 1.165) is 24.8 Å². The van der Waals surface area contributed by atoms with Crippen LogP contribution in [0.3, 0.4) is 0 Å². The Morgan fingerprint density at radius 2 is 1.79 bits per heavy atom. The molecule has 1 unspecified atom stereocenters. The molecular formula is C23H36N2O4. The number of nitrogens with zero attached hydrogens (tertiary/aromatic N) is 1. The average molecular weight is 405 g/mol. The molecule has 2 amide bonds. The standard InChI is InChI=1S/C23H36N2O4/c1-17(24-21(26)27)20(15-18-11-7-5-8-12-18)25(22(28)29-23(2,3)4)16-19-13-9-6-10-14-19/h6,9-10,13-14,17-18,20,24H,5,7-8,11-12,15-16H2,1-4H3,(H,26,27)/t17?,20-/m0/s1. The second kappa shape index (κ2) is 10.5. The summed E-state index contributed by atoms with van der Waals surface area (Å²) in [5.41, 5.74) is 0.375. The molecule has 1 aliphatic rings. The van der Waals surface area contributed by atoms with Crippen LogP contribution in [0.25, 0.3) is 0 Å². The lowest BCUT2D eigenvalue weighted by Gasteiger charge is -2.39. The van der Waals surface area contributed by atoms with E-state index in [1.807, 2.05) is 58.0 Å². The normalized spacial score (nSPS) is 17.2. The summed E-state index contributed by atoms with van der Waals surface area (Å²) in [5, 5.41) is 11.9. The first-order valence-electron chi connectivity index (χ1n) is 10.7. The third-order valence-electron chi connectivity index (χ3n) is 5.45. The number of hydrogen-bond donors (Lipinski definition) is 2. The topological polar surface area (TPSA) is 78.9 Å². The van der Waals surface area contributed by atoms with Crippen LogP contribution in [0.1, 0.15) is 71.8 Å². The van der Waals surface area contributed by atoms with Gasteiger partial charge in [-0.3, -0.25) is 4.90 Å². The maximum atomic E-state index is 13.2. The SMILES string of the molecule is CC(NC(=O)O)[C@H](CC1CCCCC1)N(Cc1ccccc1)C(=O)OC(C)(C)C. The second-order valence-electron chi connectivity index (χ2n) is 9.14. The lowest BCUT2D eigenvalue weighted by atomic mass is 9.83. The Hall–Kier alpha value is -2.24. The van der Waals surface area contributed by atoms with Crippen molar-refractivity contribution < 1.29 is 19.4 Å². The van der Waals surface area contributed by atoms with Crippen molar-refractivity contribution >= 4 is 12.2 Å². The lowest BCUT2D eigenvalue weighted by Crippen LogP contribution is -2.53. The van der Waals surface area contributed by atoms with E-state index in [0.29, 0.717) is 12.5 Å². The van der Waals surface area contributed by atoms with Crippen molar-refractivity contribution in [2.75, 3.05) is 0 Å². The van der Waals surface area contributed by atoms with Crippen molar-refractivity contribution in [3.63, 3.8) is 0 Å². The molecule has 2 atom stereocenters. The predicted octanol–water partition coefficient (Wildman–Crippen LogP) is 5.42. The van der Waals surface area contributed by atoms with Crippen molar-refractivity contribution in [1.82, 2.24) is 10.2 Å². The monoisotopic (exact) mass is 404 g/mol. The van der Waals surface area contributed by atoms with Crippen LogP contribution < -0.4 is 5.32 Å². The summed E-state index contributed by atoms with van der Waals surface area (Å²) in [7, 11) is 0. The van der Waals surface area contributed by atoms with Crippen LogP contribution in [0.4, 0.5) is 9.59 Å². The number of carbonyl (C=O) groups is 2. The second-order valence-corrected chi connectivity index (χ2v) is 9.14. The number of hydrogen-bond acceptors (Lipinski definition) is 3. The zero-order chi connectivity index (χ0) is 21.4. The highest BCUT2D eigenvalue weighted by Gasteiger charge is 2.34. The molecule has 0 aromatic heterocycles. The first kappa shape index (κ1) is 23.0. The van der Waals surface area contributed by atoms with Crippen molar-refractivity contribution in [3.05, 3.63) is 35.9 Å². The fourth-order valence-corrected chi connectivity index (χ4v) is 4.07. The van der Waals surface area contributed by atoms with E-state index in [1.165, 1.54) is 19.3 Å². The van der Waals surface area contributed by atoms with Crippen molar-refractivity contribution in [1.29, 1.82) is 0 Å². The molecule has 1 aromatic rings. The van der Waals surface area contributed by atoms with Crippen molar-refractivity contribution in [3.8, 4) is 0 Å². The van der Waals surface area contributed by atoms with Gasteiger partial charge >= 0.3 is 12.2 Å². The smallest absolute Gasteiger partial charge is 0.410 e. The third kappa shape index (κ3) is 7.95. The number of amides is 2. The van der Waals surface area contributed by atoms with Gasteiger partial charge in [-0.05, 0) is 45.6 Å². The zero-order valence-electron chi connectivity index (χ0n) is 18.2. The number of rotatable bonds is 7. The maximum absolute atomic E-state index is 13.2. The molecule has 1 saturated carbocycles. The largest absolute Gasteiger partial charge is 0.465 e. The van der Waals surface area contributed by atoms with Gasteiger partial charge in [-0.2, -0.15) is 0 Å². The van der Waals surface area contributed by atoms with E-state index in [2.05, 4.69) is 5.32 Å². The van der Waals surface area contributed by atoms with Crippen LogP contribution in [0, 0.1) is 5.92 Å². The van der Waals surface area contributed by atoms with Crippen LogP contribution in [-0.4, -0.2) is 39.9 Å². The zero-order valence-corrected chi connectivity index (χ0v) is 18.2. The fourth-order valence-electron chi connectivity index (χ4n) is 4.07. The maximum Gasteiger partial charge on any atom is 0.410 e. The van der Waals surface area contributed by atoms with Gasteiger partial charge in [0, 0.05) is 12.6 Å². The van der Waals surface area contributed by atoms with Crippen LogP contribution in [0.2, 0.25) is 0 Å². The Kier molecular flexibility index (Phi) is 8.35. The molecule has 0 radical (unpaired) electrons. The van der Waals surface area contributed by atoms with Gasteiger partial charge in [0.1, 0.15) is 5.60 Å². The summed E-state index contributed by atoms with van der Waals surface area (Å²) < 4.78 is 5.71. The quantitative estimate of drug-likeness (QED) is 0.636. The summed E-state index contributed by atoms with van der Waals surface area (Å²) in [6.45, 7) is 7.77. The van der Waals surface area contributed by atoms with Gasteiger partial charge in [0.05, 0.1) is 6.04 Å². The van der Waals surface area contributed by atoms with Crippen LogP contribution in [-0.2, 0) is 11.3 Å². The van der Waals surface area contributed by atoms with Crippen LogP contribution in [0.15, 0.2) is 30.3 Å². The highest BCUT2D eigenvalue weighted by molar-refractivity contribution is 5.69. The molecule has 29 heavy (non-hydrogen) atoms. The summed E-state index contributed by atoms with van der Waals surface area (Å²) >= 11 is 0. The van der Waals surface area contributed by atoms with E-state index >= 15 is 0 Å². The van der Waals surface area contributed by atoms with Crippen molar-refractivity contribution in [2.45, 2.75) is 90.4 Å². The number of ether oxygens (including phenoxy) is 1. The molecule has 0 heterocycles. The molecule has 2 N–H and O–H groups in total. The Morgan fingerprint density at radius 3 is 2.34 bits per heavy atom. The van der Waals surface area contributed by atoms with Gasteiger partial charge in [0.2, 0.25) is 0 Å². The minimum absolute atomic E-state index is 0.274. The molecule has 1 aliphatic carbocycles. The molecule has 6 nitrogen and oxygen atoms in total. The summed E-state index contributed by atoms with van der Waals surface area (Å²) in [5.74, 6) is 0.493. The molecule has 1 aromatic carbocycles. The van der Waals surface area contributed by atoms with E-state index < -0.39 is 23.8 Å². The van der Waals surface area contributed by atoms with Gasteiger partial charge in [-0.25, -0.2) is 9.59 Å². The number of carbonyl (C=O) groups excluding carboxylic acids is 1. The van der Waals surface area contributed by atoms with Gasteiger partial charge in [0.25, 0.3) is 0 Å². The Bertz CT molecular complexity index is 651. The molecule has 162 valence electrons. The van der Waals surface area contributed by atoms with E-state index in [9.17, 15) is 14.7 Å². The number of nitrogens with one attached hydrogen (secondary N) is 1. The Balaban J connectivity index is 2.30. The first-order chi connectivity index (χ1) is 13.7. The van der Waals surface area contributed by atoms with Gasteiger partial charge < -0.3 is 15.2 Å². The highest BCUT2D eigenvalue weighted by Crippen LogP contribution is 2.31. The number of benzene rings is 1. The first-order valence-corrected chi connectivity index (χ1v) is 10.7. The molecular weight excluding hydrogens is 368 g/mol. The highest BCUT2D eigenvalue weighted by atomic mass is 16.6. The van der Waals surface area contributed by atoms with E-state index in [-0.39, 0.29) is 6.04 Å². The molecule has 0 saturated heterocycles. The summed E-state index contributed by atoms with van der Waals surface area (Å²) in [4.78, 5) is 26.2. The summed E-state index contributed by atoms with van der Waals surface area (Å²) in [6, 6.07) is 9.11. The minimum atomic E-state index is -1.07. The van der Waals surface area contributed by atoms with Gasteiger partial charge in [0.15, 0.2) is 0 Å². The molecule has 2 rings (SSSR count). The molecule has 6 heteroatoms. The van der Waals surface area contributed by atoms with Crippen LogP contribution >= 0.6 is 0 Å². The Labute approximate surface area is 174 Å². The summed E-state index contributed by atoms with van der Waals surface area (Å²) in [6.07, 6.45) is 5.20. The van der Waals surface area contributed by atoms with Crippen molar-refractivity contribution in [2.24, 2.45) is 5.92 Å². The fraction of sp³-hybridized carbons (Fsp3) is 0.652. The number of carboxylic acid groups (broad SMARTS) is 1. The minimum Gasteiger partial charge on any atom is -0.465 e. The predicted molar refractivity (Wildman–Crippen MR) is 114 cm³/mol. The van der Waals surface area contributed by atoms with Crippen LogP contribution in [0.5, 0.6) is 0 Å². The molecule has 0 spiro atoms. The molecule has 1 fully saturated rings. The average Bonchev–Trinajstić information content (AvgIpc) is 2.64. The van der Waals surface area contributed by atoms with Gasteiger partial charge in [-0.15, -0.1) is 0 Å². The third-order valence-corrected chi connectivity index (χ3v) is 5.45.